The van der Waals surface area contributed by atoms with Gasteiger partial charge in [0.25, 0.3) is 0 Å². The molecule has 0 saturated carbocycles. The Bertz CT molecular complexity index is 141. The van der Waals surface area contributed by atoms with Crippen LogP contribution in [0.25, 0.3) is 0 Å². The van der Waals surface area contributed by atoms with Gasteiger partial charge in [-0.2, -0.15) is 0 Å². The van der Waals surface area contributed by atoms with Crippen LogP contribution >= 0.6 is 0 Å². The normalized spacial score (nSPS) is 10.9. The van der Waals surface area contributed by atoms with Crippen LogP contribution in [0.15, 0.2) is 29.0 Å². The fourth-order valence-electron chi connectivity index (χ4n) is 0.336. The molecule has 0 aromatic rings. The van der Waals surface area contributed by atoms with Crippen LogP contribution in [0.4, 0.5) is 0 Å². The van der Waals surface area contributed by atoms with Gasteiger partial charge in [0.1, 0.15) is 0 Å². The summed E-state index contributed by atoms with van der Waals surface area (Å²) in [4.78, 5) is 0. The molecule has 0 amide bonds. The van der Waals surface area contributed by atoms with Gasteiger partial charge in [-0.05, 0) is 19.9 Å². The van der Waals surface area contributed by atoms with E-state index in [1.165, 1.54) is 11.8 Å². The van der Waals surface area contributed by atoms with Crippen LogP contribution in [0.5, 0.6) is 0 Å². The van der Waals surface area contributed by atoms with Crippen LogP contribution in [0.1, 0.15) is 13.8 Å². The highest BCUT2D eigenvalue weighted by atomic mass is 16.4. The molecule has 0 aliphatic carbocycles. The van der Waals surface area contributed by atoms with Gasteiger partial charge >= 0.3 is 0 Å². The third-order valence-electron chi connectivity index (χ3n) is 0.693. The zero-order valence-corrected chi connectivity index (χ0v) is 5.70. The van der Waals surface area contributed by atoms with Crippen molar-refractivity contribution in [1.29, 1.82) is 0 Å². The van der Waals surface area contributed by atoms with Crippen molar-refractivity contribution in [3.63, 3.8) is 0 Å². The summed E-state index contributed by atoms with van der Waals surface area (Å²) in [5, 5.41) is 10.7. The molecule has 0 radical (unpaired) electrons. The molecule has 0 atom stereocenters. The maximum Gasteiger partial charge on any atom is 0.0661 e. The third kappa shape index (κ3) is 6.95. The predicted octanol–water partition coefficient (Wildman–Crippen LogP) is 1.97. The van der Waals surface area contributed by atoms with Crippen LogP contribution < -0.4 is 0 Å². The van der Waals surface area contributed by atoms with E-state index in [0.29, 0.717) is 0 Å². The highest BCUT2D eigenvalue weighted by molar-refractivity contribution is 5.70. The smallest absolute Gasteiger partial charge is 0.0661 e. The summed E-state index contributed by atoms with van der Waals surface area (Å²) in [7, 11) is 0. The number of allylic oxidation sites excluding steroid dienone is 4. The van der Waals surface area contributed by atoms with Gasteiger partial charge < -0.3 is 5.21 Å². The van der Waals surface area contributed by atoms with Gasteiger partial charge in [-0.3, -0.25) is 0 Å². The first-order valence-corrected chi connectivity index (χ1v) is 2.75. The van der Waals surface area contributed by atoms with Crippen molar-refractivity contribution in [2.24, 2.45) is 5.16 Å². The minimum absolute atomic E-state index is 1.22. The summed E-state index contributed by atoms with van der Waals surface area (Å²) >= 11 is 0. The molecular weight excluding hydrogens is 114 g/mol. The fraction of sp³-hybridized carbons (Fsp3) is 0.286. The third-order valence-corrected chi connectivity index (χ3v) is 0.693. The first-order chi connectivity index (χ1) is 4.27. The van der Waals surface area contributed by atoms with Crippen LogP contribution in [0.2, 0.25) is 0 Å². The van der Waals surface area contributed by atoms with Crippen molar-refractivity contribution in [2.75, 3.05) is 0 Å². The summed E-state index contributed by atoms with van der Waals surface area (Å²) in [6.07, 6.45) is 6.73. The summed E-state index contributed by atoms with van der Waals surface area (Å²) in [6, 6.07) is 0. The molecule has 0 aromatic heterocycles. The van der Waals surface area contributed by atoms with Gasteiger partial charge in [0, 0.05) is 0 Å². The maximum absolute atomic E-state index is 7.93. The summed E-state index contributed by atoms with van der Waals surface area (Å²) in [5.41, 5.74) is 1.22. The quantitative estimate of drug-likeness (QED) is 0.260. The lowest BCUT2D eigenvalue weighted by atomic mass is 10.3. The lowest BCUT2D eigenvalue weighted by Crippen LogP contribution is -1.62. The molecule has 50 valence electrons. The van der Waals surface area contributed by atoms with E-state index in [1.54, 1.807) is 6.08 Å². The number of rotatable bonds is 2. The predicted molar refractivity (Wildman–Crippen MR) is 38.8 cm³/mol. The lowest BCUT2D eigenvalue weighted by Gasteiger charge is -1.78. The van der Waals surface area contributed by atoms with Crippen molar-refractivity contribution in [2.45, 2.75) is 13.8 Å². The van der Waals surface area contributed by atoms with E-state index in [2.05, 4.69) is 5.16 Å². The SMILES string of the molecule is CC(C)=C/C=C\C=N\O. The molecule has 0 aliphatic heterocycles. The molecular formula is C7H11NO. The largest absolute Gasteiger partial charge is 0.411 e. The Morgan fingerprint density at radius 2 is 2.00 bits per heavy atom. The van der Waals surface area contributed by atoms with Gasteiger partial charge in [-0.15, -0.1) is 0 Å². The molecule has 2 heteroatoms. The fourth-order valence-corrected chi connectivity index (χ4v) is 0.336. The first kappa shape index (κ1) is 7.95. The van der Waals surface area contributed by atoms with Crippen LogP contribution in [0.3, 0.4) is 0 Å². The number of hydrogen-bond donors (Lipinski definition) is 1. The van der Waals surface area contributed by atoms with E-state index in [1.807, 2.05) is 26.0 Å². The zero-order chi connectivity index (χ0) is 7.11. The monoisotopic (exact) mass is 125 g/mol. The van der Waals surface area contributed by atoms with E-state index in [4.69, 9.17) is 5.21 Å². The molecule has 9 heavy (non-hydrogen) atoms. The number of hydrogen-bond acceptors (Lipinski definition) is 2. The van der Waals surface area contributed by atoms with Crippen molar-refractivity contribution in [3.8, 4) is 0 Å². The Morgan fingerprint density at radius 1 is 1.33 bits per heavy atom. The van der Waals surface area contributed by atoms with Gasteiger partial charge in [0.2, 0.25) is 0 Å². The summed E-state index contributed by atoms with van der Waals surface area (Å²) in [6.45, 7) is 4.00. The van der Waals surface area contributed by atoms with Gasteiger partial charge in [-0.1, -0.05) is 22.9 Å². The Morgan fingerprint density at radius 3 is 2.44 bits per heavy atom. The molecule has 0 heterocycles. The molecule has 0 saturated heterocycles. The molecule has 0 unspecified atom stereocenters. The minimum Gasteiger partial charge on any atom is -0.411 e. The topological polar surface area (TPSA) is 32.6 Å². The molecule has 0 rings (SSSR count). The lowest BCUT2D eigenvalue weighted by molar-refractivity contribution is 0.322. The van der Waals surface area contributed by atoms with E-state index >= 15 is 0 Å². The minimum atomic E-state index is 1.22. The van der Waals surface area contributed by atoms with Crippen molar-refractivity contribution < 1.29 is 5.21 Å². The maximum atomic E-state index is 7.93. The van der Waals surface area contributed by atoms with Crippen LogP contribution in [-0.2, 0) is 0 Å². The van der Waals surface area contributed by atoms with Gasteiger partial charge in [0.15, 0.2) is 0 Å². The number of nitrogens with zero attached hydrogens (tertiary/aromatic N) is 1. The van der Waals surface area contributed by atoms with Crippen LogP contribution in [-0.4, -0.2) is 11.4 Å². The number of oxime groups is 1. The van der Waals surface area contributed by atoms with E-state index in [9.17, 15) is 0 Å². The Hall–Kier alpha value is -1.05. The zero-order valence-electron chi connectivity index (χ0n) is 5.70. The second kappa shape index (κ2) is 5.09. The van der Waals surface area contributed by atoms with E-state index in [0.717, 1.165) is 0 Å². The molecule has 0 bridgehead atoms. The molecule has 0 aromatic carbocycles. The van der Waals surface area contributed by atoms with Crippen LogP contribution in [0, 0.1) is 0 Å². The Labute approximate surface area is 55.2 Å². The Kier molecular flexibility index (Phi) is 4.50. The molecule has 0 spiro atoms. The van der Waals surface area contributed by atoms with E-state index in [-0.39, 0.29) is 0 Å². The average molecular weight is 125 g/mol. The van der Waals surface area contributed by atoms with E-state index < -0.39 is 0 Å². The molecule has 0 fully saturated rings. The molecule has 2 nitrogen and oxygen atoms in total. The van der Waals surface area contributed by atoms with Crippen molar-refractivity contribution in [3.05, 3.63) is 23.8 Å². The highest BCUT2D eigenvalue weighted by Gasteiger charge is 1.67. The second-order valence-corrected chi connectivity index (χ2v) is 1.89. The average Bonchev–Trinajstić information content (AvgIpc) is 1.80. The van der Waals surface area contributed by atoms with Crippen molar-refractivity contribution >= 4 is 6.21 Å². The van der Waals surface area contributed by atoms with Gasteiger partial charge in [-0.25, -0.2) is 0 Å². The molecule has 0 aliphatic rings. The summed E-state index contributed by atoms with van der Waals surface area (Å²) < 4.78 is 0. The van der Waals surface area contributed by atoms with Crippen molar-refractivity contribution in [1.82, 2.24) is 0 Å². The standard InChI is InChI=1S/C7H11NO/c1-7(2)5-3-4-6-8-9/h3-6,9H,1-2H3/b4-3-,8-6+. The highest BCUT2D eigenvalue weighted by Crippen LogP contribution is 1.87. The first-order valence-electron chi connectivity index (χ1n) is 2.75. The van der Waals surface area contributed by atoms with Gasteiger partial charge in [0.05, 0.1) is 6.21 Å². The Balaban J connectivity index is 3.60. The summed E-state index contributed by atoms with van der Waals surface area (Å²) in [5.74, 6) is 0. The second-order valence-electron chi connectivity index (χ2n) is 1.89. The molecule has 1 N–H and O–H groups in total.